The summed E-state index contributed by atoms with van der Waals surface area (Å²) in [5, 5.41) is 2.84. The van der Waals surface area contributed by atoms with Crippen molar-refractivity contribution in [2.75, 3.05) is 45.3 Å². The van der Waals surface area contributed by atoms with Crippen LogP contribution < -0.4 is 5.32 Å². The lowest BCUT2D eigenvalue weighted by molar-refractivity contribution is -0.117. The number of aryl methyl sites for hydroxylation is 1. The summed E-state index contributed by atoms with van der Waals surface area (Å²) in [6, 6.07) is 5.31. The molecule has 8 heteroatoms. The quantitative estimate of drug-likeness (QED) is 0.804. The van der Waals surface area contributed by atoms with Crippen LogP contribution >= 0.6 is 0 Å². The van der Waals surface area contributed by atoms with Crippen molar-refractivity contribution < 1.29 is 23.9 Å². The van der Waals surface area contributed by atoms with Gasteiger partial charge in [0.2, 0.25) is 5.91 Å². The standard InChI is InChI=1S/C20H27N3O5/c1-4-20-12-22(8-9-23(20)19(26)28-13-20)18(25)15-6-5-14(2)16(11-15)21-17(24)7-10-27-3/h5-6,11H,4,7-10,12-13H2,1-3H3,(H,21,24). The van der Waals surface area contributed by atoms with Gasteiger partial charge in [-0.25, -0.2) is 4.79 Å². The first-order valence-corrected chi connectivity index (χ1v) is 9.53. The van der Waals surface area contributed by atoms with Gasteiger partial charge in [-0.15, -0.1) is 0 Å². The minimum atomic E-state index is -0.451. The number of hydrogen-bond acceptors (Lipinski definition) is 5. The van der Waals surface area contributed by atoms with Crippen molar-refractivity contribution in [3.05, 3.63) is 29.3 Å². The highest BCUT2D eigenvalue weighted by atomic mass is 16.6. The molecule has 1 atom stereocenters. The number of nitrogens with one attached hydrogen (secondary N) is 1. The largest absolute Gasteiger partial charge is 0.447 e. The molecule has 1 unspecified atom stereocenters. The molecule has 3 rings (SSSR count). The zero-order valence-corrected chi connectivity index (χ0v) is 16.6. The molecular formula is C20H27N3O5. The summed E-state index contributed by atoms with van der Waals surface area (Å²) in [5.41, 5.74) is 1.56. The SMILES string of the molecule is CCC12COC(=O)N1CCN(C(=O)c1ccc(C)c(NC(=O)CCOC)c1)C2. The van der Waals surface area contributed by atoms with Gasteiger partial charge in [0.25, 0.3) is 5.91 Å². The van der Waals surface area contributed by atoms with Crippen LogP contribution in [0.3, 0.4) is 0 Å². The molecule has 0 bridgehead atoms. The molecule has 3 amide bonds. The summed E-state index contributed by atoms with van der Waals surface area (Å²) >= 11 is 0. The van der Waals surface area contributed by atoms with Crippen LogP contribution in [0.4, 0.5) is 10.5 Å². The van der Waals surface area contributed by atoms with E-state index in [1.807, 2.05) is 19.9 Å². The van der Waals surface area contributed by atoms with Gasteiger partial charge in [0, 0.05) is 38.0 Å². The van der Waals surface area contributed by atoms with E-state index in [-0.39, 0.29) is 24.3 Å². The minimum Gasteiger partial charge on any atom is -0.447 e. The Bertz CT molecular complexity index is 781. The fraction of sp³-hybridized carbons (Fsp3) is 0.550. The highest BCUT2D eigenvalue weighted by molar-refractivity contribution is 5.98. The maximum Gasteiger partial charge on any atom is 0.410 e. The number of piperazine rings is 1. The summed E-state index contributed by atoms with van der Waals surface area (Å²) in [4.78, 5) is 40.5. The minimum absolute atomic E-state index is 0.112. The number of cyclic esters (lactones) is 1. The lowest BCUT2D eigenvalue weighted by Gasteiger charge is -2.44. The van der Waals surface area contributed by atoms with Crippen LogP contribution in [0, 0.1) is 6.92 Å². The van der Waals surface area contributed by atoms with Gasteiger partial charge in [0.05, 0.1) is 18.6 Å². The zero-order chi connectivity index (χ0) is 20.3. The monoisotopic (exact) mass is 389 g/mol. The van der Waals surface area contributed by atoms with Crippen LogP contribution in [-0.2, 0) is 14.3 Å². The Morgan fingerprint density at radius 1 is 1.32 bits per heavy atom. The molecule has 0 saturated carbocycles. The normalized spacial score (nSPS) is 21.3. The van der Waals surface area contributed by atoms with Gasteiger partial charge in [0.15, 0.2) is 0 Å². The second-order valence-electron chi connectivity index (χ2n) is 7.33. The predicted octanol–water partition coefficient (Wildman–Crippen LogP) is 2.03. The van der Waals surface area contributed by atoms with E-state index in [0.717, 1.165) is 12.0 Å². The molecular weight excluding hydrogens is 362 g/mol. The molecule has 28 heavy (non-hydrogen) atoms. The van der Waals surface area contributed by atoms with E-state index in [1.165, 1.54) is 0 Å². The maximum atomic E-state index is 13.1. The zero-order valence-electron chi connectivity index (χ0n) is 16.6. The summed E-state index contributed by atoms with van der Waals surface area (Å²) in [5.74, 6) is -0.270. The number of carbonyl (C=O) groups is 3. The van der Waals surface area contributed by atoms with Crippen molar-refractivity contribution in [3.8, 4) is 0 Å². The first kappa shape index (κ1) is 20.1. The van der Waals surface area contributed by atoms with Gasteiger partial charge in [-0.1, -0.05) is 13.0 Å². The summed E-state index contributed by atoms with van der Waals surface area (Å²) in [7, 11) is 1.55. The van der Waals surface area contributed by atoms with Gasteiger partial charge in [-0.3, -0.25) is 14.5 Å². The average molecular weight is 389 g/mol. The third kappa shape index (κ3) is 3.82. The Morgan fingerprint density at radius 2 is 2.11 bits per heavy atom. The lowest BCUT2D eigenvalue weighted by Crippen LogP contribution is -2.62. The molecule has 2 saturated heterocycles. The molecule has 1 aromatic rings. The van der Waals surface area contributed by atoms with E-state index < -0.39 is 5.54 Å². The number of nitrogens with zero attached hydrogens (tertiary/aromatic N) is 2. The second-order valence-corrected chi connectivity index (χ2v) is 7.33. The number of hydrogen-bond donors (Lipinski definition) is 1. The number of rotatable bonds is 6. The van der Waals surface area contributed by atoms with Gasteiger partial charge in [-0.05, 0) is 31.0 Å². The van der Waals surface area contributed by atoms with E-state index in [2.05, 4.69) is 5.32 Å². The van der Waals surface area contributed by atoms with Crippen LogP contribution in [-0.4, -0.2) is 73.2 Å². The van der Waals surface area contributed by atoms with Crippen molar-refractivity contribution in [3.63, 3.8) is 0 Å². The third-order valence-electron chi connectivity index (χ3n) is 5.57. The van der Waals surface area contributed by atoms with Crippen LogP contribution in [0.5, 0.6) is 0 Å². The fourth-order valence-electron chi connectivity index (χ4n) is 3.72. The molecule has 1 N–H and O–H groups in total. The highest BCUT2D eigenvalue weighted by Crippen LogP contribution is 2.32. The fourth-order valence-corrected chi connectivity index (χ4v) is 3.72. The van der Waals surface area contributed by atoms with Crippen LogP contribution in [0.25, 0.3) is 0 Å². The van der Waals surface area contributed by atoms with Gasteiger partial charge < -0.3 is 19.7 Å². The highest BCUT2D eigenvalue weighted by Gasteiger charge is 2.50. The van der Waals surface area contributed by atoms with Crippen LogP contribution in [0.2, 0.25) is 0 Å². The first-order chi connectivity index (χ1) is 13.4. The van der Waals surface area contributed by atoms with Crippen molar-refractivity contribution in [2.45, 2.75) is 32.2 Å². The Morgan fingerprint density at radius 3 is 2.82 bits per heavy atom. The second kappa shape index (κ2) is 8.18. The number of fused-ring (bicyclic) bond motifs is 1. The Labute approximate surface area is 164 Å². The molecule has 152 valence electrons. The van der Waals surface area contributed by atoms with E-state index in [0.29, 0.717) is 44.1 Å². The molecule has 2 heterocycles. The Balaban J connectivity index is 1.75. The summed E-state index contributed by atoms with van der Waals surface area (Å²) < 4.78 is 10.2. The predicted molar refractivity (Wildman–Crippen MR) is 103 cm³/mol. The van der Waals surface area contributed by atoms with Crippen molar-refractivity contribution in [2.24, 2.45) is 0 Å². The van der Waals surface area contributed by atoms with Crippen molar-refractivity contribution in [1.82, 2.24) is 9.80 Å². The van der Waals surface area contributed by atoms with Gasteiger partial charge in [-0.2, -0.15) is 0 Å². The Hall–Kier alpha value is -2.61. The van der Waals surface area contributed by atoms with E-state index >= 15 is 0 Å². The van der Waals surface area contributed by atoms with Crippen molar-refractivity contribution >= 4 is 23.6 Å². The molecule has 8 nitrogen and oxygen atoms in total. The lowest BCUT2D eigenvalue weighted by atomic mass is 9.92. The van der Waals surface area contributed by atoms with Gasteiger partial charge in [0.1, 0.15) is 6.61 Å². The summed E-state index contributed by atoms with van der Waals surface area (Å²) in [6.07, 6.45) is 0.672. The molecule has 0 spiro atoms. The number of amides is 3. The Kier molecular flexibility index (Phi) is 5.88. The molecule has 2 aliphatic heterocycles. The molecule has 1 aromatic carbocycles. The van der Waals surface area contributed by atoms with Crippen LogP contribution in [0.1, 0.15) is 35.7 Å². The number of methoxy groups -OCH3 is 1. The van der Waals surface area contributed by atoms with E-state index in [1.54, 1.807) is 29.0 Å². The smallest absolute Gasteiger partial charge is 0.410 e. The van der Waals surface area contributed by atoms with Gasteiger partial charge >= 0.3 is 6.09 Å². The number of carbonyl (C=O) groups excluding carboxylic acids is 3. The van der Waals surface area contributed by atoms with E-state index in [4.69, 9.17) is 9.47 Å². The van der Waals surface area contributed by atoms with E-state index in [9.17, 15) is 14.4 Å². The molecule has 0 radical (unpaired) electrons. The van der Waals surface area contributed by atoms with Crippen molar-refractivity contribution in [1.29, 1.82) is 0 Å². The first-order valence-electron chi connectivity index (χ1n) is 9.53. The van der Waals surface area contributed by atoms with Crippen LogP contribution in [0.15, 0.2) is 18.2 Å². The number of benzene rings is 1. The molecule has 2 aliphatic rings. The summed E-state index contributed by atoms with van der Waals surface area (Å²) in [6.45, 7) is 5.89. The number of ether oxygens (including phenoxy) is 2. The topological polar surface area (TPSA) is 88.2 Å². The molecule has 2 fully saturated rings. The maximum absolute atomic E-state index is 13.1. The number of anilines is 1. The third-order valence-corrected chi connectivity index (χ3v) is 5.57. The average Bonchev–Trinajstić information content (AvgIpc) is 3.04. The molecule has 0 aliphatic carbocycles. The molecule has 0 aromatic heterocycles.